The van der Waals surface area contributed by atoms with Crippen molar-refractivity contribution < 1.29 is 23.2 Å². The number of ether oxygens (including phenoxy) is 1. The van der Waals surface area contributed by atoms with Crippen molar-refractivity contribution in [2.45, 2.75) is 52.7 Å². The highest BCUT2D eigenvalue weighted by molar-refractivity contribution is 5.92. The standard InChI is InChI=1S/C15H20F2N2O4/c1-14(2,3)18(13(20)23-15(4,5)6)11-7-9(16)10(17)8-12(11)19(21)22/h7-8H,1-6H3. The van der Waals surface area contributed by atoms with Gasteiger partial charge in [0.05, 0.1) is 11.0 Å². The van der Waals surface area contributed by atoms with Crippen molar-refractivity contribution >= 4 is 17.5 Å². The van der Waals surface area contributed by atoms with Crippen LogP contribution in [0.3, 0.4) is 0 Å². The van der Waals surface area contributed by atoms with Crippen LogP contribution >= 0.6 is 0 Å². The monoisotopic (exact) mass is 330 g/mol. The zero-order chi connectivity index (χ0) is 18.2. The van der Waals surface area contributed by atoms with E-state index in [9.17, 15) is 23.7 Å². The van der Waals surface area contributed by atoms with E-state index in [0.717, 1.165) is 4.90 Å². The third kappa shape index (κ3) is 4.61. The number of halogens is 2. The Kier molecular flexibility index (Phi) is 4.98. The first-order valence-electron chi connectivity index (χ1n) is 6.90. The Morgan fingerprint density at radius 2 is 1.61 bits per heavy atom. The van der Waals surface area contributed by atoms with Crippen LogP contribution in [0.15, 0.2) is 12.1 Å². The number of hydrogen-bond acceptors (Lipinski definition) is 4. The molecule has 6 nitrogen and oxygen atoms in total. The van der Waals surface area contributed by atoms with E-state index in [0.29, 0.717) is 12.1 Å². The lowest BCUT2D eigenvalue weighted by molar-refractivity contribution is -0.384. The fraction of sp³-hybridized carbons (Fsp3) is 0.533. The molecule has 0 saturated heterocycles. The maximum atomic E-state index is 13.6. The molecule has 1 aromatic rings. The van der Waals surface area contributed by atoms with Gasteiger partial charge < -0.3 is 4.74 Å². The van der Waals surface area contributed by atoms with Gasteiger partial charge in [0, 0.05) is 11.6 Å². The smallest absolute Gasteiger partial charge is 0.415 e. The van der Waals surface area contributed by atoms with Gasteiger partial charge >= 0.3 is 6.09 Å². The highest BCUT2D eigenvalue weighted by Gasteiger charge is 2.37. The number of anilines is 1. The summed E-state index contributed by atoms with van der Waals surface area (Å²) in [7, 11) is 0. The zero-order valence-electron chi connectivity index (χ0n) is 13.9. The first kappa shape index (κ1) is 18.8. The molecule has 8 heteroatoms. The van der Waals surface area contributed by atoms with Gasteiger partial charge in [-0.2, -0.15) is 0 Å². The molecule has 0 heterocycles. The SMILES string of the molecule is CC(C)(C)OC(=O)N(c1cc(F)c(F)cc1[N+](=O)[O-])C(C)(C)C. The van der Waals surface area contributed by atoms with Gasteiger partial charge in [-0.25, -0.2) is 13.6 Å². The third-order valence-electron chi connectivity index (χ3n) is 2.70. The second kappa shape index (κ2) is 6.10. The molecule has 1 aromatic carbocycles. The van der Waals surface area contributed by atoms with Gasteiger partial charge in [-0.05, 0) is 41.5 Å². The predicted octanol–water partition coefficient (Wildman–Crippen LogP) is 4.41. The van der Waals surface area contributed by atoms with Crippen LogP contribution in [0.2, 0.25) is 0 Å². The fourth-order valence-electron chi connectivity index (χ4n) is 1.89. The van der Waals surface area contributed by atoms with Crippen molar-refractivity contribution in [2.75, 3.05) is 4.90 Å². The molecule has 0 atom stereocenters. The first-order chi connectivity index (χ1) is 10.2. The Hall–Kier alpha value is -2.25. The van der Waals surface area contributed by atoms with E-state index in [-0.39, 0.29) is 5.69 Å². The summed E-state index contributed by atoms with van der Waals surface area (Å²) in [5.74, 6) is -2.65. The summed E-state index contributed by atoms with van der Waals surface area (Å²) in [5.41, 5.74) is -2.90. The molecule has 0 N–H and O–H groups in total. The Balaban J connectivity index is 3.54. The number of rotatable bonds is 2. The molecule has 0 fully saturated rings. The molecule has 0 radical (unpaired) electrons. The van der Waals surface area contributed by atoms with Crippen LogP contribution in [0.5, 0.6) is 0 Å². The third-order valence-corrected chi connectivity index (χ3v) is 2.70. The molecule has 0 aromatic heterocycles. The van der Waals surface area contributed by atoms with Gasteiger partial charge in [0.2, 0.25) is 0 Å². The summed E-state index contributed by atoms with van der Waals surface area (Å²) in [5, 5.41) is 11.2. The number of carbonyl (C=O) groups is 1. The highest BCUT2D eigenvalue weighted by Crippen LogP contribution is 2.35. The van der Waals surface area contributed by atoms with Gasteiger partial charge in [0.25, 0.3) is 5.69 Å². The van der Waals surface area contributed by atoms with Crippen LogP contribution in [-0.2, 0) is 4.74 Å². The molecule has 128 valence electrons. The van der Waals surface area contributed by atoms with Crippen LogP contribution in [-0.4, -0.2) is 22.2 Å². The van der Waals surface area contributed by atoms with Crippen molar-refractivity contribution in [3.05, 3.63) is 33.9 Å². The molecule has 0 unspecified atom stereocenters. The Morgan fingerprint density at radius 1 is 1.13 bits per heavy atom. The van der Waals surface area contributed by atoms with Crippen molar-refractivity contribution in [3.63, 3.8) is 0 Å². The minimum atomic E-state index is -1.36. The maximum Gasteiger partial charge on any atom is 0.415 e. The molecule has 1 amide bonds. The average molecular weight is 330 g/mol. The summed E-state index contributed by atoms with van der Waals surface area (Å²) in [6.45, 7) is 9.69. The van der Waals surface area contributed by atoms with Crippen LogP contribution in [0.25, 0.3) is 0 Å². The predicted molar refractivity (Wildman–Crippen MR) is 81.5 cm³/mol. The van der Waals surface area contributed by atoms with E-state index >= 15 is 0 Å². The van der Waals surface area contributed by atoms with Crippen LogP contribution in [0.4, 0.5) is 25.0 Å². The van der Waals surface area contributed by atoms with Crippen molar-refractivity contribution in [3.8, 4) is 0 Å². The quantitative estimate of drug-likeness (QED) is 0.594. The van der Waals surface area contributed by atoms with Gasteiger partial charge in [-0.15, -0.1) is 0 Å². The minimum Gasteiger partial charge on any atom is -0.443 e. The van der Waals surface area contributed by atoms with Crippen molar-refractivity contribution in [2.24, 2.45) is 0 Å². The fourth-order valence-corrected chi connectivity index (χ4v) is 1.89. The number of amides is 1. The lowest BCUT2D eigenvalue weighted by Gasteiger charge is -2.36. The lowest BCUT2D eigenvalue weighted by Crippen LogP contribution is -2.48. The van der Waals surface area contributed by atoms with Gasteiger partial charge in [-0.1, -0.05) is 0 Å². The normalized spacial score (nSPS) is 12.0. The van der Waals surface area contributed by atoms with E-state index in [1.54, 1.807) is 41.5 Å². The molecule has 0 aliphatic heterocycles. The number of carbonyl (C=O) groups excluding carboxylic acids is 1. The van der Waals surface area contributed by atoms with E-state index < -0.39 is 39.5 Å². The summed E-state index contributed by atoms with van der Waals surface area (Å²) in [6, 6.07) is 1.08. The van der Waals surface area contributed by atoms with Crippen molar-refractivity contribution in [1.29, 1.82) is 0 Å². The van der Waals surface area contributed by atoms with Gasteiger partial charge in [0.1, 0.15) is 11.3 Å². The average Bonchev–Trinajstić information content (AvgIpc) is 2.28. The molecule has 1 rings (SSSR count). The second-order valence-electron chi connectivity index (χ2n) is 7.00. The number of hydrogen-bond donors (Lipinski definition) is 0. The Morgan fingerprint density at radius 3 is 2.00 bits per heavy atom. The topological polar surface area (TPSA) is 72.7 Å². The largest absolute Gasteiger partial charge is 0.443 e. The molecule has 0 spiro atoms. The first-order valence-corrected chi connectivity index (χ1v) is 6.90. The van der Waals surface area contributed by atoms with E-state index in [4.69, 9.17) is 4.74 Å². The summed E-state index contributed by atoms with van der Waals surface area (Å²) < 4.78 is 32.2. The van der Waals surface area contributed by atoms with E-state index in [1.165, 1.54) is 0 Å². The maximum absolute atomic E-state index is 13.6. The van der Waals surface area contributed by atoms with Crippen molar-refractivity contribution in [1.82, 2.24) is 0 Å². The van der Waals surface area contributed by atoms with Crippen LogP contribution < -0.4 is 4.90 Å². The summed E-state index contributed by atoms with van der Waals surface area (Å²) >= 11 is 0. The number of nitro groups is 1. The molecule has 23 heavy (non-hydrogen) atoms. The number of nitro benzene ring substituents is 1. The van der Waals surface area contributed by atoms with Crippen LogP contribution in [0.1, 0.15) is 41.5 Å². The Labute approximate surface area is 133 Å². The second-order valence-corrected chi connectivity index (χ2v) is 7.00. The number of benzene rings is 1. The minimum absolute atomic E-state index is 0.365. The van der Waals surface area contributed by atoms with Crippen LogP contribution in [0, 0.1) is 21.7 Å². The molecular formula is C15H20F2N2O4. The van der Waals surface area contributed by atoms with E-state index in [1.807, 2.05) is 0 Å². The zero-order valence-corrected chi connectivity index (χ0v) is 13.9. The molecule has 0 aliphatic rings. The Bertz CT molecular complexity index is 634. The summed E-state index contributed by atoms with van der Waals surface area (Å²) in [4.78, 5) is 23.7. The van der Waals surface area contributed by atoms with Gasteiger partial charge in [0.15, 0.2) is 11.6 Å². The molecule has 0 aliphatic carbocycles. The molecule has 0 saturated carbocycles. The molecule has 0 bridgehead atoms. The number of nitrogens with zero attached hydrogens (tertiary/aromatic N) is 2. The lowest BCUT2D eigenvalue weighted by atomic mass is 10.0. The van der Waals surface area contributed by atoms with Gasteiger partial charge in [-0.3, -0.25) is 15.0 Å². The van der Waals surface area contributed by atoms with E-state index in [2.05, 4.69) is 0 Å². The summed E-state index contributed by atoms with van der Waals surface area (Å²) in [6.07, 6.45) is -0.890. The highest BCUT2D eigenvalue weighted by atomic mass is 19.2. The molecular weight excluding hydrogens is 310 g/mol.